The fourth-order valence-corrected chi connectivity index (χ4v) is 4.33. The van der Waals surface area contributed by atoms with Gasteiger partial charge >= 0.3 is 0 Å². The highest BCUT2D eigenvalue weighted by atomic mass is 16.5. The lowest BCUT2D eigenvalue weighted by molar-refractivity contribution is -0.132. The molecule has 0 spiro atoms. The van der Waals surface area contributed by atoms with Crippen LogP contribution in [-0.2, 0) is 9.59 Å². The minimum Gasteiger partial charge on any atom is -0.507 e. The second-order valence-electron chi connectivity index (χ2n) is 8.51. The van der Waals surface area contributed by atoms with E-state index in [4.69, 9.17) is 9.47 Å². The summed E-state index contributed by atoms with van der Waals surface area (Å²) in [6.45, 7) is 1.88. The van der Waals surface area contributed by atoms with Crippen molar-refractivity contribution >= 4 is 28.8 Å². The summed E-state index contributed by atoms with van der Waals surface area (Å²) >= 11 is 0. The first-order valence-electron chi connectivity index (χ1n) is 11.1. The van der Waals surface area contributed by atoms with Gasteiger partial charge in [0, 0.05) is 25.5 Å². The molecule has 1 aliphatic heterocycles. The van der Waals surface area contributed by atoms with Gasteiger partial charge in [0.15, 0.2) is 0 Å². The predicted molar refractivity (Wildman–Crippen MR) is 136 cm³/mol. The van der Waals surface area contributed by atoms with Gasteiger partial charge in [0.25, 0.3) is 11.7 Å². The lowest BCUT2D eigenvalue weighted by Crippen LogP contribution is -2.30. The smallest absolute Gasteiger partial charge is 0.300 e. The number of hydrogen-bond donors (Lipinski definition) is 1. The van der Waals surface area contributed by atoms with E-state index in [2.05, 4.69) is 0 Å². The quantitative estimate of drug-likeness (QED) is 0.318. The average molecular weight is 473 g/mol. The number of methoxy groups -OCH3 is 2. The average Bonchev–Trinajstić information content (AvgIpc) is 3.13. The van der Waals surface area contributed by atoms with Crippen molar-refractivity contribution in [3.8, 4) is 11.5 Å². The van der Waals surface area contributed by atoms with Crippen molar-refractivity contribution in [3.63, 3.8) is 0 Å². The van der Waals surface area contributed by atoms with Gasteiger partial charge < -0.3 is 19.5 Å². The predicted octanol–water partition coefficient (Wildman–Crippen LogP) is 4.70. The summed E-state index contributed by atoms with van der Waals surface area (Å²) in [6.07, 6.45) is 0. The molecule has 1 aliphatic rings. The van der Waals surface area contributed by atoms with Crippen LogP contribution in [0, 0.1) is 6.92 Å². The molecule has 0 aliphatic carbocycles. The number of aryl methyl sites for hydroxylation is 1. The van der Waals surface area contributed by atoms with Crippen molar-refractivity contribution in [2.45, 2.75) is 13.0 Å². The molecular weight excluding hydrogens is 444 g/mol. The van der Waals surface area contributed by atoms with E-state index in [1.54, 1.807) is 24.3 Å². The van der Waals surface area contributed by atoms with E-state index >= 15 is 0 Å². The van der Waals surface area contributed by atoms with E-state index in [-0.39, 0.29) is 16.9 Å². The van der Waals surface area contributed by atoms with Crippen LogP contribution in [0.5, 0.6) is 11.5 Å². The van der Waals surface area contributed by atoms with Gasteiger partial charge in [-0.05, 0) is 54.4 Å². The first-order valence-corrected chi connectivity index (χ1v) is 11.1. The van der Waals surface area contributed by atoms with Gasteiger partial charge in [0.1, 0.15) is 17.3 Å². The maximum Gasteiger partial charge on any atom is 0.300 e. The maximum atomic E-state index is 13.4. The van der Waals surface area contributed by atoms with Crippen LogP contribution in [-0.4, -0.2) is 45.1 Å². The highest BCUT2D eigenvalue weighted by molar-refractivity contribution is 6.51. The number of Topliss-reactive ketones (excluding diaryl/α,β-unsaturated/α-hetero) is 1. The molecule has 7 nitrogen and oxygen atoms in total. The van der Waals surface area contributed by atoms with Crippen molar-refractivity contribution in [3.05, 3.63) is 89.0 Å². The topological polar surface area (TPSA) is 79.3 Å². The number of aliphatic hydroxyl groups excluding tert-OH is 1. The summed E-state index contributed by atoms with van der Waals surface area (Å²) in [5, 5.41) is 11.5. The molecular formula is C28H28N2O5. The Morgan fingerprint density at radius 3 is 2.23 bits per heavy atom. The lowest BCUT2D eigenvalue weighted by atomic mass is 9.94. The van der Waals surface area contributed by atoms with Gasteiger partial charge in [-0.15, -0.1) is 0 Å². The van der Waals surface area contributed by atoms with Gasteiger partial charge in [-0.2, -0.15) is 0 Å². The maximum absolute atomic E-state index is 13.4. The van der Waals surface area contributed by atoms with Crippen LogP contribution in [0.1, 0.15) is 22.7 Å². The van der Waals surface area contributed by atoms with Crippen molar-refractivity contribution in [2.24, 2.45) is 0 Å². The zero-order valence-electron chi connectivity index (χ0n) is 20.4. The number of carbonyl (C=O) groups is 2. The molecule has 0 aromatic heterocycles. The summed E-state index contributed by atoms with van der Waals surface area (Å²) in [7, 11) is 6.85. The number of amides is 1. The fourth-order valence-electron chi connectivity index (χ4n) is 4.33. The molecule has 0 radical (unpaired) electrons. The Bertz CT molecular complexity index is 1310. The van der Waals surface area contributed by atoms with Crippen LogP contribution >= 0.6 is 0 Å². The number of nitrogens with zero attached hydrogens (tertiary/aromatic N) is 2. The molecule has 1 saturated heterocycles. The number of carbonyl (C=O) groups excluding carboxylic acids is 2. The van der Waals surface area contributed by atoms with Crippen LogP contribution in [0.2, 0.25) is 0 Å². The standard InChI is InChI=1S/C28H28N2O5/c1-17-8-6-7-9-22(17)30-25(18-10-12-19(13-11-18)29(2)3)24(27(32)28(30)33)26(31)21-16-20(34-4)14-15-23(21)35-5/h6-16,25,31H,1-5H3/b26-24+. The second-order valence-corrected chi connectivity index (χ2v) is 8.51. The molecule has 7 heteroatoms. The van der Waals surface area contributed by atoms with Crippen LogP contribution in [0.15, 0.2) is 72.3 Å². The number of para-hydroxylation sites is 1. The van der Waals surface area contributed by atoms with Gasteiger partial charge in [-0.1, -0.05) is 30.3 Å². The van der Waals surface area contributed by atoms with Crippen LogP contribution in [0.25, 0.3) is 5.76 Å². The van der Waals surface area contributed by atoms with Gasteiger partial charge in [0.05, 0.1) is 31.4 Å². The van der Waals surface area contributed by atoms with Crippen molar-refractivity contribution in [1.29, 1.82) is 0 Å². The number of aliphatic hydroxyl groups is 1. The second kappa shape index (κ2) is 9.54. The van der Waals surface area contributed by atoms with E-state index in [1.807, 2.05) is 68.4 Å². The molecule has 1 unspecified atom stereocenters. The molecule has 1 fully saturated rings. The molecule has 1 heterocycles. The zero-order valence-corrected chi connectivity index (χ0v) is 20.4. The first kappa shape index (κ1) is 23.9. The Morgan fingerprint density at radius 2 is 1.63 bits per heavy atom. The number of benzene rings is 3. The van der Waals surface area contributed by atoms with Crippen LogP contribution in [0.3, 0.4) is 0 Å². The zero-order chi connectivity index (χ0) is 25.3. The molecule has 1 atom stereocenters. The Hall–Kier alpha value is -4.26. The largest absolute Gasteiger partial charge is 0.507 e. The monoisotopic (exact) mass is 472 g/mol. The third-order valence-corrected chi connectivity index (χ3v) is 6.21. The van der Waals surface area contributed by atoms with E-state index in [1.165, 1.54) is 19.1 Å². The van der Waals surface area contributed by atoms with E-state index in [9.17, 15) is 14.7 Å². The summed E-state index contributed by atoms with van der Waals surface area (Å²) in [5.74, 6) is -0.960. The number of hydrogen-bond acceptors (Lipinski definition) is 6. The fraction of sp³-hybridized carbons (Fsp3) is 0.214. The molecule has 180 valence electrons. The molecule has 1 amide bonds. The minimum absolute atomic E-state index is 0.0117. The highest BCUT2D eigenvalue weighted by Gasteiger charge is 2.47. The SMILES string of the molecule is COc1ccc(OC)c(/C(O)=C2\C(=O)C(=O)N(c3ccccc3C)C2c2ccc(N(C)C)cc2)c1. The number of ether oxygens (including phenoxy) is 2. The van der Waals surface area contributed by atoms with Crippen molar-refractivity contribution < 1.29 is 24.2 Å². The Kier molecular flexibility index (Phi) is 6.51. The molecule has 4 rings (SSSR count). The lowest BCUT2D eigenvalue weighted by Gasteiger charge is -2.27. The number of ketones is 1. The number of anilines is 2. The summed E-state index contributed by atoms with van der Waals surface area (Å²) in [4.78, 5) is 30.3. The Balaban J connectivity index is 1.99. The van der Waals surface area contributed by atoms with Crippen molar-refractivity contribution in [1.82, 2.24) is 0 Å². The van der Waals surface area contributed by atoms with Gasteiger partial charge in [0.2, 0.25) is 0 Å². The Morgan fingerprint density at radius 1 is 0.943 bits per heavy atom. The molecule has 3 aromatic rings. The first-order chi connectivity index (χ1) is 16.8. The Labute approximate surface area is 204 Å². The summed E-state index contributed by atoms with van der Waals surface area (Å²) in [6, 6.07) is 19.0. The molecule has 3 aromatic carbocycles. The van der Waals surface area contributed by atoms with E-state index < -0.39 is 17.7 Å². The van der Waals surface area contributed by atoms with Crippen LogP contribution < -0.4 is 19.3 Å². The minimum atomic E-state index is -0.830. The summed E-state index contributed by atoms with van der Waals surface area (Å²) < 4.78 is 10.7. The normalized spacial score (nSPS) is 16.9. The summed E-state index contributed by atoms with van der Waals surface area (Å²) in [5.41, 5.74) is 3.36. The number of rotatable bonds is 6. The molecule has 0 bridgehead atoms. The highest BCUT2D eigenvalue weighted by Crippen LogP contribution is 2.44. The third kappa shape index (κ3) is 4.21. The third-order valence-electron chi connectivity index (χ3n) is 6.21. The van der Waals surface area contributed by atoms with Gasteiger partial charge in [-0.25, -0.2) is 0 Å². The molecule has 1 N–H and O–H groups in total. The van der Waals surface area contributed by atoms with Crippen molar-refractivity contribution in [2.75, 3.05) is 38.1 Å². The van der Waals surface area contributed by atoms with E-state index in [0.717, 1.165) is 11.3 Å². The molecule has 0 saturated carbocycles. The molecule has 35 heavy (non-hydrogen) atoms. The van der Waals surface area contributed by atoms with Gasteiger partial charge in [-0.3, -0.25) is 14.5 Å². The van der Waals surface area contributed by atoms with Crippen LogP contribution in [0.4, 0.5) is 11.4 Å². The van der Waals surface area contributed by atoms with E-state index in [0.29, 0.717) is 22.7 Å².